The number of esters is 1. The van der Waals surface area contributed by atoms with E-state index in [0.29, 0.717) is 0 Å². The number of hydrogen-bond donors (Lipinski definition) is 4. The highest BCUT2D eigenvalue weighted by molar-refractivity contribution is 7.70. The summed E-state index contributed by atoms with van der Waals surface area (Å²) in [6.45, 7) is 0.776. The normalized spacial score (nSPS) is 13.1. The van der Waals surface area contributed by atoms with Gasteiger partial charge in [0, 0.05) is 6.92 Å². The SMILES string of the molecule is CC(=O)OC(P(=O)(O)O)P(=O)(O)O. The first-order valence-electron chi connectivity index (χ1n) is 2.83. The third-order valence-corrected chi connectivity index (χ3v) is 4.01. The van der Waals surface area contributed by atoms with Crippen molar-refractivity contribution in [3.05, 3.63) is 0 Å². The molecule has 0 radical (unpaired) electrons. The van der Waals surface area contributed by atoms with Crippen LogP contribution in [0.4, 0.5) is 0 Å². The topological polar surface area (TPSA) is 141 Å². The predicted molar refractivity (Wildman–Crippen MR) is 39.6 cm³/mol. The molecule has 0 saturated carbocycles. The molecule has 0 aromatic rings. The maximum absolute atomic E-state index is 10.4. The number of ether oxygens (including phenoxy) is 1. The van der Waals surface area contributed by atoms with Gasteiger partial charge in [0.05, 0.1) is 0 Å². The summed E-state index contributed by atoms with van der Waals surface area (Å²) in [4.78, 5) is 43.9. The lowest BCUT2D eigenvalue weighted by molar-refractivity contribution is -0.141. The summed E-state index contributed by atoms with van der Waals surface area (Å²) in [7, 11) is -10.3. The molecule has 10 heteroatoms. The Bertz CT molecular complexity index is 262. The van der Waals surface area contributed by atoms with Crippen LogP contribution in [0.5, 0.6) is 0 Å². The molecule has 0 saturated heterocycles. The molecule has 0 amide bonds. The van der Waals surface area contributed by atoms with E-state index in [1.165, 1.54) is 0 Å². The maximum atomic E-state index is 10.4. The van der Waals surface area contributed by atoms with Crippen molar-refractivity contribution in [3.63, 3.8) is 0 Å². The Labute approximate surface area is 72.8 Å². The molecule has 0 heterocycles. The number of carbonyl (C=O) groups is 1. The first-order chi connectivity index (χ1) is 5.55. The maximum Gasteiger partial charge on any atom is 0.378 e. The zero-order chi connectivity index (χ0) is 10.9. The van der Waals surface area contributed by atoms with Crippen LogP contribution in [-0.4, -0.2) is 31.1 Å². The standard InChI is InChI=1S/C3H8O8P2/c1-2(4)11-3(12(5,6)7)13(8,9)10/h3H,1H3,(H2,5,6,7)(H2,8,9,10). The highest BCUT2D eigenvalue weighted by Crippen LogP contribution is 2.60. The van der Waals surface area contributed by atoms with Crippen molar-refractivity contribution in [2.45, 2.75) is 12.5 Å². The largest absolute Gasteiger partial charge is 0.436 e. The van der Waals surface area contributed by atoms with Crippen LogP contribution in [0.15, 0.2) is 0 Å². The van der Waals surface area contributed by atoms with Crippen LogP contribution in [0.25, 0.3) is 0 Å². The average Bonchev–Trinajstić information content (AvgIpc) is 1.77. The van der Waals surface area contributed by atoms with Crippen LogP contribution in [-0.2, 0) is 18.7 Å². The molecule has 0 aliphatic carbocycles. The second-order valence-corrected chi connectivity index (χ2v) is 5.82. The average molecular weight is 234 g/mol. The lowest BCUT2D eigenvalue weighted by Crippen LogP contribution is -2.16. The highest BCUT2D eigenvalue weighted by Gasteiger charge is 2.46. The molecular weight excluding hydrogens is 226 g/mol. The molecule has 0 rings (SSSR count). The summed E-state index contributed by atoms with van der Waals surface area (Å²) < 4.78 is 24.7. The van der Waals surface area contributed by atoms with E-state index in [2.05, 4.69) is 4.74 Å². The van der Waals surface area contributed by atoms with Crippen LogP contribution in [0.3, 0.4) is 0 Å². The quantitative estimate of drug-likeness (QED) is 0.366. The van der Waals surface area contributed by atoms with Gasteiger partial charge in [0.1, 0.15) is 0 Å². The van der Waals surface area contributed by atoms with Gasteiger partial charge in [0.15, 0.2) is 0 Å². The fourth-order valence-electron chi connectivity index (χ4n) is 0.482. The molecule has 13 heavy (non-hydrogen) atoms. The first-order valence-corrected chi connectivity index (χ1v) is 6.19. The highest BCUT2D eigenvalue weighted by atomic mass is 31.2. The van der Waals surface area contributed by atoms with E-state index in [0.717, 1.165) is 6.92 Å². The zero-order valence-electron chi connectivity index (χ0n) is 6.39. The number of carbonyl (C=O) groups excluding carboxylic acids is 1. The van der Waals surface area contributed by atoms with Crippen molar-refractivity contribution in [3.8, 4) is 0 Å². The smallest absolute Gasteiger partial charge is 0.378 e. The van der Waals surface area contributed by atoms with Gasteiger partial charge in [-0.3, -0.25) is 13.9 Å². The minimum absolute atomic E-state index is 0.776. The summed E-state index contributed by atoms with van der Waals surface area (Å²) in [5, 5.41) is 0. The molecule has 0 fully saturated rings. The van der Waals surface area contributed by atoms with Crippen LogP contribution in [0.2, 0.25) is 0 Å². The van der Waals surface area contributed by atoms with Gasteiger partial charge in [-0.15, -0.1) is 0 Å². The Hall–Kier alpha value is -0.230. The summed E-state index contributed by atoms with van der Waals surface area (Å²) in [6, 6.07) is 0. The molecular formula is C3H8O8P2. The molecule has 0 aliphatic heterocycles. The molecule has 0 atom stereocenters. The van der Waals surface area contributed by atoms with E-state index in [-0.39, 0.29) is 0 Å². The van der Waals surface area contributed by atoms with Gasteiger partial charge < -0.3 is 24.3 Å². The molecule has 4 N–H and O–H groups in total. The second kappa shape index (κ2) is 3.88. The molecule has 0 bridgehead atoms. The summed E-state index contributed by atoms with van der Waals surface area (Å²) >= 11 is 0. The Kier molecular flexibility index (Phi) is 3.81. The second-order valence-electron chi connectivity index (χ2n) is 2.11. The van der Waals surface area contributed by atoms with Crippen LogP contribution >= 0.6 is 15.2 Å². The first kappa shape index (κ1) is 12.8. The van der Waals surface area contributed by atoms with Gasteiger partial charge in [-0.25, -0.2) is 0 Å². The van der Waals surface area contributed by atoms with Gasteiger partial charge in [-0.05, 0) is 0 Å². The third-order valence-electron chi connectivity index (χ3n) is 0.847. The van der Waals surface area contributed by atoms with Gasteiger partial charge in [0.25, 0.3) is 0 Å². The van der Waals surface area contributed by atoms with E-state index >= 15 is 0 Å². The Morgan fingerprint density at radius 1 is 1.15 bits per heavy atom. The van der Waals surface area contributed by atoms with Gasteiger partial charge in [-0.2, -0.15) is 0 Å². The van der Waals surface area contributed by atoms with Crippen LogP contribution < -0.4 is 0 Å². The van der Waals surface area contributed by atoms with Crippen molar-refractivity contribution in [2.24, 2.45) is 0 Å². The van der Waals surface area contributed by atoms with Crippen LogP contribution in [0.1, 0.15) is 6.92 Å². The van der Waals surface area contributed by atoms with Gasteiger partial charge in [-0.1, -0.05) is 0 Å². The van der Waals surface area contributed by atoms with Crippen molar-refractivity contribution < 1.29 is 38.2 Å². The van der Waals surface area contributed by atoms with Crippen molar-refractivity contribution in [2.75, 3.05) is 0 Å². The van der Waals surface area contributed by atoms with Crippen molar-refractivity contribution in [1.82, 2.24) is 0 Å². The zero-order valence-corrected chi connectivity index (χ0v) is 8.18. The molecule has 0 aromatic carbocycles. The number of hydrogen-bond acceptors (Lipinski definition) is 4. The minimum Gasteiger partial charge on any atom is -0.436 e. The van der Waals surface area contributed by atoms with Crippen molar-refractivity contribution in [1.29, 1.82) is 0 Å². The predicted octanol–water partition coefficient (Wildman–Crippen LogP) is -0.812. The Morgan fingerprint density at radius 3 is 1.54 bits per heavy atom. The molecule has 0 aliphatic rings. The molecule has 8 nitrogen and oxygen atoms in total. The molecule has 78 valence electrons. The van der Waals surface area contributed by atoms with Gasteiger partial charge in [0.2, 0.25) is 0 Å². The van der Waals surface area contributed by atoms with E-state index in [1.807, 2.05) is 0 Å². The summed E-state index contributed by atoms with van der Waals surface area (Å²) in [6.07, 6.45) is 0. The molecule has 0 spiro atoms. The van der Waals surface area contributed by atoms with E-state index in [4.69, 9.17) is 19.6 Å². The Balaban J connectivity index is 4.90. The summed E-state index contributed by atoms with van der Waals surface area (Å²) in [5.41, 5.74) is -2.71. The fourth-order valence-corrected chi connectivity index (χ4v) is 2.62. The molecule has 0 unspecified atom stereocenters. The monoisotopic (exact) mass is 234 g/mol. The van der Waals surface area contributed by atoms with Crippen molar-refractivity contribution >= 4 is 21.2 Å². The van der Waals surface area contributed by atoms with E-state index in [1.54, 1.807) is 0 Å². The lowest BCUT2D eigenvalue weighted by atomic mass is 10.8. The van der Waals surface area contributed by atoms with E-state index in [9.17, 15) is 13.9 Å². The molecule has 0 aromatic heterocycles. The Morgan fingerprint density at radius 2 is 1.46 bits per heavy atom. The third kappa shape index (κ3) is 4.52. The lowest BCUT2D eigenvalue weighted by Gasteiger charge is -2.18. The van der Waals surface area contributed by atoms with Crippen LogP contribution in [0, 0.1) is 0 Å². The fraction of sp³-hybridized carbons (Fsp3) is 0.667. The van der Waals surface area contributed by atoms with Gasteiger partial charge >= 0.3 is 26.7 Å². The summed E-state index contributed by atoms with van der Waals surface area (Å²) in [5.74, 6) is -1.18. The number of rotatable bonds is 3. The minimum atomic E-state index is -5.16. The van der Waals surface area contributed by atoms with E-state index < -0.39 is 26.7 Å².